The number of ether oxygens (including phenoxy) is 1. The highest BCUT2D eigenvalue weighted by atomic mass is 16.5. The maximum Gasteiger partial charge on any atom is 0.341 e. The van der Waals surface area contributed by atoms with E-state index in [-0.39, 0.29) is 18.1 Å². The number of carboxylic acids is 1. The molecule has 0 amide bonds. The number of anilines is 1. The van der Waals surface area contributed by atoms with Gasteiger partial charge in [-0.1, -0.05) is 36.4 Å². The van der Waals surface area contributed by atoms with Crippen LogP contribution in [0.1, 0.15) is 28.8 Å². The summed E-state index contributed by atoms with van der Waals surface area (Å²) < 4.78 is 5.16. The normalized spacial score (nSPS) is 11.7. The Hall–Kier alpha value is -3.80. The van der Waals surface area contributed by atoms with Crippen LogP contribution in [0.3, 0.4) is 0 Å². The molecule has 31 heavy (non-hydrogen) atoms. The lowest BCUT2D eigenvalue weighted by atomic mass is 10.1. The lowest BCUT2D eigenvalue weighted by Gasteiger charge is -2.12. The van der Waals surface area contributed by atoms with Gasteiger partial charge in [-0.25, -0.2) is 4.79 Å². The van der Waals surface area contributed by atoms with E-state index in [1.807, 2.05) is 61.5 Å². The molecule has 6 nitrogen and oxygen atoms in total. The van der Waals surface area contributed by atoms with Gasteiger partial charge in [-0.15, -0.1) is 0 Å². The summed E-state index contributed by atoms with van der Waals surface area (Å²) in [5.41, 5.74) is 8.62. The number of carboxylic acid groups (broad SMARTS) is 1. The average molecular weight is 421 g/mol. The molecule has 2 rings (SSSR count). The molecule has 0 bridgehead atoms. The fraction of sp³-hybridized carbons (Fsp3) is 0.200. The van der Waals surface area contributed by atoms with E-state index in [4.69, 9.17) is 15.6 Å². The van der Waals surface area contributed by atoms with Crippen molar-refractivity contribution in [2.24, 2.45) is 5.73 Å². The number of unbranched alkanes of at least 4 members (excludes halogenated alkanes) is 1. The minimum absolute atomic E-state index is 0.195. The Morgan fingerprint density at radius 3 is 2.45 bits per heavy atom. The molecule has 0 heterocycles. The highest BCUT2D eigenvalue weighted by Gasteiger charge is 2.08. The lowest BCUT2D eigenvalue weighted by molar-refractivity contribution is -0.139. The van der Waals surface area contributed by atoms with E-state index in [1.165, 1.54) is 0 Å². The van der Waals surface area contributed by atoms with Gasteiger partial charge in [0, 0.05) is 25.3 Å². The van der Waals surface area contributed by atoms with Crippen LogP contribution in [-0.4, -0.2) is 37.6 Å². The van der Waals surface area contributed by atoms with Gasteiger partial charge in [-0.2, -0.15) is 0 Å². The summed E-state index contributed by atoms with van der Waals surface area (Å²) in [7, 11) is 3.89. The molecule has 0 radical (unpaired) electrons. The standard InChI is InChI=1S/C25H28N2O4/c1-27(2)21-15-13-20(14-16-21)25(30)23(26)12-7-5-3-4-6-9-19-10-8-11-22(17-19)31-18-24(28)29/h5-17H,3-4,18,26H2,1-2H3,(H,28,29)/b7-5-,9-6+,23-12-. The Balaban J connectivity index is 1.80. The van der Waals surface area contributed by atoms with Crippen molar-refractivity contribution in [3.05, 3.63) is 89.7 Å². The molecule has 0 aliphatic carbocycles. The summed E-state index contributed by atoms with van der Waals surface area (Å²) in [5, 5.41) is 8.66. The molecule has 0 aliphatic heterocycles. The molecule has 0 spiro atoms. The van der Waals surface area contributed by atoms with Crippen molar-refractivity contribution in [2.45, 2.75) is 12.8 Å². The van der Waals surface area contributed by atoms with Crippen molar-refractivity contribution in [3.63, 3.8) is 0 Å². The second-order valence-electron chi connectivity index (χ2n) is 7.06. The third-order valence-corrected chi connectivity index (χ3v) is 4.35. The summed E-state index contributed by atoms with van der Waals surface area (Å²) in [6.07, 6.45) is 10.9. The minimum Gasteiger partial charge on any atom is -0.482 e. The summed E-state index contributed by atoms with van der Waals surface area (Å²) in [5.74, 6) is -0.683. The Morgan fingerprint density at radius 2 is 1.77 bits per heavy atom. The van der Waals surface area contributed by atoms with Gasteiger partial charge in [0.25, 0.3) is 0 Å². The Morgan fingerprint density at radius 1 is 1.06 bits per heavy atom. The number of rotatable bonds is 11. The van der Waals surface area contributed by atoms with E-state index in [0.717, 1.165) is 24.1 Å². The van der Waals surface area contributed by atoms with Crippen LogP contribution in [0, 0.1) is 0 Å². The number of ketones is 1. The third-order valence-electron chi connectivity index (χ3n) is 4.35. The average Bonchev–Trinajstić information content (AvgIpc) is 2.76. The first-order valence-electron chi connectivity index (χ1n) is 9.92. The molecule has 162 valence electrons. The smallest absolute Gasteiger partial charge is 0.341 e. The Labute approximate surface area is 182 Å². The molecule has 0 atom stereocenters. The number of hydrogen-bond donors (Lipinski definition) is 2. The van der Waals surface area contributed by atoms with Crippen LogP contribution in [0.5, 0.6) is 5.75 Å². The highest BCUT2D eigenvalue weighted by molar-refractivity contribution is 6.08. The van der Waals surface area contributed by atoms with E-state index in [9.17, 15) is 9.59 Å². The SMILES string of the molecule is CN(C)c1ccc(C(=O)/C(N)=C/C=C\CC/C=C/c2cccc(OCC(=O)O)c2)cc1. The summed E-state index contributed by atoms with van der Waals surface area (Å²) in [6.45, 7) is -0.363. The summed E-state index contributed by atoms with van der Waals surface area (Å²) in [4.78, 5) is 24.9. The molecular formula is C25H28N2O4. The largest absolute Gasteiger partial charge is 0.482 e. The van der Waals surface area contributed by atoms with Gasteiger partial charge in [0.1, 0.15) is 5.75 Å². The van der Waals surface area contributed by atoms with Crippen LogP contribution in [0.15, 0.2) is 78.5 Å². The molecule has 0 aliphatic rings. The molecular weight excluding hydrogens is 392 g/mol. The van der Waals surface area contributed by atoms with Crippen molar-refractivity contribution in [1.29, 1.82) is 0 Å². The van der Waals surface area contributed by atoms with Crippen LogP contribution >= 0.6 is 0 Å². The second kappa shape index (κ2) is 12.0. The zero-order chi connectivity index (χ0) is 22.6. The van der Waals surface area contributed by atoms with Gasteiger partial charge < -0.3 is 20.5 Å². The molecule has 0 saturated carbocycles. The molecule has 2 aromatic carbocycles. The zero-order valence-corrected chi connectivity index (χ0v) is 17.8. The molecule has 3 N–H and O–H groups in total. The number of hydrogen-bond acceptors (Lipinski definition) is 5. The second-order valence-corrected chi connectivity index (χ2v) is 7.06. The number of nitrogens with two attached hydrogens (primary N) is 1. The lowest BCUT2D eigenvalue weighted by Crippen LogP contribution is -2.12. The first-order valence-corrected chi connectivity index (χ1v) is 9.92. The van der Waals surface area contributed by atoms with Crippen molar-refractivity contribution in [2.75, 3.05) is 25.6 Å². The van der Waals surface area contributed by atoms with E-state index in [0.29, 0.717) is 11.3 Å². The quantitative estimate of drug-likeness (QED) is 0.244. The van der Waals surface area contributed by atoms with Crippen molar-refractivity contribution < 1.29 is 19.4 Å². The van der Waals surface area contributed by atoms with Crippen molar-refractivity contribution in [3.8, 4) is 5.75 Å². The van der Waals surface area contributed by atoms with Gasteiger partial charge >= 0.3 is 5.97 Å². The fourth-order valence-electron chi connectivity index (χ4n) is 2.69. The molecule has 2 aromatic rings. The summed E-state index contributed by atoms with van der Waals surface area (Å²) >= 11 is 0. The fourth-order valence-corrected chi connectivity index (χ4v) is 2.69. The predicted molar refractivity (Wildman–Crippen MR) is 124 cm³/mol. The van der Waals surface area contributed by atoms with Crippen LogP contribution in [0.2, 0.25) is 0 Å². The number of carbonyl (C=O) groups is 2. The zero-order valence-electron chi connectivity index (χ0n) is 17.8. The van der Waals surface area contributed by atoms with Crippen LogP contribution < -0.4 is 15.4 Å². The third kappa shape index (κ3) is 8.22. The van der Waals surface area contributed by atoms with Crippen LogP contribution in [-0.2, 0) is 4.79 Å². The van der Waals surface area contributed by atoms with Gasteiger partial charge in [-0.05, 0) is 60.9 Å². The summed E-state index contributed by atoms with van der Waals surface area (Å²) in [6, 6.07) is 14.6. The van der Waals surface area contributed by atoms with Crippen molar-refractivity contribution >= 4 is 23.5 Å². The van der Waals surface area contributed by atoms with E-state index < -0.39 is 5.97 Å². The minimum atomic E-state index is -1.01. The topological polar surface area (TPSA) is 92.9 Å². The molecule has 0 saturated heterocycles. The monoisotopic (exact) mass is 420 g/mol. The Kier molecular flexibility index (Phi) is 9.11. The molecule has 0 fully saturated rings. The van der Waals surface area contributed by atoms with Gasteiger partial charge in [0.15, 0.2) is 6.61 Å². The van der Waals surface area contributed by atoms with Gasteiger partial charge in [0.05, 0.1) is 5.70 Å². The number of aliphatic carboxylic acids is 1. The number of nitrogens with zero attached hydrogens (tertiary/aromatic N) is 1. The van der Waals surface area contributed by atoms with E-state index >= 15 is 0 Å². The molecule has 6 heteroatoms. The number of Topliss-reactive ketones (excluding diaryl/α,β-unsaturated/α-hetero) is 1. The van der Waals surface area contributed by atoms with Crippen molar-refractivity contribution in [1.82, 2.24) is 0 Å². The first-order chi connectivity index (χ1) is 14.9. The first kappa shape index (κ1) is 23.5. The Bertz CT molecular complexity index is 973. The van der Waals surface area contributed by atoms with Gasteiger partial charge in [0.2, 0.25) is 5.78 Å². The molecule has 0 aromatic heterocycles. The van der Waals surface area contributed by atoms with Crippen LogP contribution in [0.25, 0.3) is 6.08 Å². The molecule has 0 unspecified atom stereocenters. The van der Waals surface area contributed by atoms with Crippen LogP contribution in [0.4, 0.5) is 5.69 Å². The number of carbonyl (C=O) groups excluding carboxylic acids is 1. The predicted octanol–water partition coefficient (Wildman–Crippen LogP) is 4.29. The number of allylic oxidation sites excluding steroid dienone is 5. The van der Waals surface area contributed by atoms with E-state index in [1.54, 1.807) is 36.4 Å². The van der Waals surface area contributed by atoms with E-state index in [2.05, 4.69) is 0 Å². The van der Waals surface area contributed by atoms with Gasteiger partial charge in [-0.3, -0.25) is 4.79 Å². The maximum atomic E-state index is 12.4. The number of benzene rings is 2. The maximum absolute atomic E-state index is 12.4. The highest BCUT2D eigenvalue weighted by Crippen LogP contribution is 2.15.